The van der Waals surface area contributed by atoms with Gasteiger partial charge in [0.05, 0.1) is 12.6 Å². The average Bonchev–Trinajstić information content (AvgIpc) is 3.40. The third-order valence-corrected chi connectivity index (χ3v) is 5.85. The fraction of sp³-hybridized carbons (Fsp3) is 0.333. The Labute approximate surface area is 205 Å². The maximum Gasteiger partial charge on any atom is 0.273 e. The first-order valence-corrected chi connectivity index (χ1v) is 11.9. The Morgan fingerprint density at radius 1 is 1.14 bits per heavy atom. The van der Waals surface area contributed by atoms with Gasteiger partial charge in [-0.05, 0) is 50.1 Å². The van der Waals surface area contributed by atoms with Crippen LogP contribution >= 0.6 is 0 Å². The normalized spacial score (nSPS) is 14.7. The van der Waals surface area contributed by atoms with E-state index in [1.165, 1.54) is 0 Å². The van der Waals surface area contributed by atoms with E-state index in [0.717, 1.165) is 11.1 Å². The summed E-state index contributed by atoms with van der Waals surface area (Å²) in [6.45, 7) is 10.1. The Balaban J connectivity index is 1.80. The molecule has 1 aliphatic heterocycles. The van der Waals surface area contributed by atoms with E-state index in [1.54, 1.807) is 24.3 Å². The third-order valence-electron chi connectivity index (χ3n) is 5.85. The van der Waals surface area contributed by atoms with Gasteiger partial charge in [0.25, 0.3) is 5.91 Å². The maximum absolute atomic E-state index is 13.5. The molecular formula is C27H31N3O5. The highest BCUT2D eigenvalue weighted by molar-refractivity contribution is 6.00. The van der Waals surface area contributed by atoms with E-state index in [4.69, 9.17) is 14.2 Å². The van der Waals surface area contributed by atoms with E-state index in [1.807, 2.05) is 43.0 Å². The Morgan fingerprint density at radius 3 is 2.71 bits per heavy atom. The molecule has 8 heteroatoms. The predicted octanol–water partition coefficient (Wildman–Crippen LogP) is 4.72. The molecule has 3 aromatic rings. The SMILES string of the molecule is C=CCOc1ccc(C2c3c(-c4ccccc4O)n[nH]c3C(=O)N2CCCOCC)cc1OCC. The van der Waals surface area contributed by atoms with Gasteiger partial charge in [0.15, 0.2) is 11.5 Å². The van der Waals surface area contributed by atoms with Crippen LogP contribution in [0.2, 0.25) is 0 Å². The smallest absolute Gasteiger partial charge is 0.273 e. The van der Waals surface area contributed by atoms with Gasteiger partial charge in [0, 0.05) is 30.9 Å². The van der Waals surface area contributed by atoms with Gasteiger partial charge >= 0.3 is 0 Å². The summed E-state index contributed by atoms with van der Waals surface area (Å²) < 4.78 is 17.1. The Kier molecular flexibility index (Phi) is 7.72. The number of aromatic hydroxyl groups is 1. The molecule has 0 fully saturated rings. The van der Waals surface area contributed by atoms with Crippen molar-refractivity contribution in [3.63, 3.8) is 0 Å². The van der Waals surface area contributed by atoms with Crippen molar-refractivity contribution in [2.75, 3.05) is 33.0 Å². The largest absolute Gasteiger partial charge is 0.507 e. The highest BCUT2D eigenvalue weighted by atomic mass is 16.5. The fourth-order valence-electron chi connectivity index (χ4n) is 4.37. The van der Waals surface area contributed by atoms with Gasteiger partial charge in [-0.15, -0.1) is 0 Å². The monoisotopic (exact) mass is 477 g/mol. The van der Waals surface area contributed by atoms with Crippen LogP contribution in [0.4, 0.5) is 0 Å². The molecule has 2 N–H and O–H groups in total. The first-order chi connectivity index (χ1) is 17.1. The van der Waals surface area contributed by atoms with Gasteiger partial charge in [-0.3, -0.25) is 9.89 Å². The minimum atomic E-state index is -0.417. The number of benzene rings is 2. The molecule has 1 amide bonds. The van der Waals surface area contributed by atoms with Gasteiger partial charge in [0.1, 0.15) is 23.7 Å². The number of rotatable bonds is 12. The van der Waals surface area contributed by atoms with Crippen LogP contribution < -0.4 is 9.47 Å². The van der Waals surface area contributed by atoms with Crippen LogP contribution in [0.5, 0.6) is 17.2 Å². The Bertz CT molecular complexity index is 1190. The zero-order chi connectivity index (χ0) is 24.8. The van der Waals surface area contributed by atoms with Crippen LogP contribution in [0.3, 0.4) is 0 Å². The topological polar surface area (TPSA) is 96.9 Å². The van der Waals surface area contributed by atoms with Crippen molar-refractivity contribution in [2.45, 2.75) is 26.3 Å². The zero-order valence-electron chi connectivity index (χ0n) is 20.1. The fourth-order valence-corrected chi connectivity index (χ4v) is 4.37. The second-order valence-electron chi connectivity index (χ2n) is 8.07. The lowest BCUT2D eigenvalue weighted by Crippen LogP contribution is -2.31. The van der Waals surface area contributed by atoms with Crippen LogP contribution in [-0.4, -0.2) is 59.1 Å². The molecule has 0 aliphatic carbocycles. The van der Waals surface area contributed by atoms with Crippen molar-refractivity contribution in [1.29, 1.82) is 0 Å². The first kappa shape index (κ1) is 24.3. The molecule has 184 valence electrons. The summed E-state index contributed by atoms with van der Waals surface area (Å²) in [6.07, 6.45) is 2.37. The minimum absolute atomic E-state index is 0.103. The molecule has 1 atom stereocenters. The second kappa shape index (κ2) is 11.1. The summed E-state index contributed by atoms with van der Waals surface area (Å²) in [5.41, 5.74) is 3.13. The summed E-state index contributed by atoms with van der Waals surface area (Å²) in [4.78, 5) is 15.3. The number of ether oxygens (including phenoxy) is 3. The summed E-state index contributed by atoms with van der Waals surface area (Å²) in [5, 5.41) is 17.9. The Hall–Kier alpha value is -3.78. The number of carbonyl (C=O) groups excluding carboxylic acids is 1. The number of carbonyl (C=O) groups is 1. The number of phenolic OH excluding ortho intramolecular Hbond substituents is 1. The average molecular weight is 478 g/mol. The van der Waals surface area contributed by atoms with Crippen molar-refractivity contribution >= 4 is 5.91 Å². The molecule has 35 heavy (non-hydrogen) atoms. The lowest BCUT2D eigenvalue weighted by molar-refractivity contribution is 0.0710. The number of amides is 1. The number of para-hydroxylation sites is 1. The molecule has 2 aromatic carbocycles. The molecule has 4 rings (SSSR count). The van der Waals surface area contributed by atoms with Gasteiger partial charge in [-0.2, -0.15) is 5.10 Å². The molecule has 0 radical (unpaired) electrons. The summed E-state index contributed by atoms with van der Waals surface area (Å²) in [5.74, 6) is 1.16. The highest BCUT2D eigenvalue weighted by Crippen LogP contribution is 2.45. The molecular weight excluding hydrogens is 446 g/mol. The maximum atomic E-state index is 13.5. The van der Waals surface area contributed by atoms with E-state index >= 15 is 0 Å². The molecule has 0 bridgehead atoms. The minimum Gasteiger partial charge on any atom is -0.507 e. The molecule has 0 spiro atoms. The third kappa shape index (κ3) is 4.88. The molecule has 8 nitrogen and oxygen atoms in total. The van der Waals surface area contributed by atoms with E-state index in [9.17, 15) is 9.90 Å². The summed E-state index contributed by atoms with van der Waals surface area (Å²) >= 11 is 0. The summed E-state index contributed by atoms with van der Waals surface area (Å²) in [6, 6.07) is 12.3. The van der Waals surface area contributed by atoms with Crippen molar-refractivity contribution < 1.29 is 24.1 Å². The number of nitrogens with one attached hydrogen (secondary N) is 1. The van der Waals surface area contributed by atoms with Crippen molar-refractivity contribution in [1.82, 2.24) is 15.1 Å². The number of nitrogens with zero attached hydrogens (tertiary/aromatic N) is 2. The molecule has 1 unspecified atom stereocenters. The number of hydrogen-bond donors (Lipinski definition) is 2. The lowest BCUT2D eigenvalue weighted by atomic mass is 9.95. The van der Waals surface area contributed by atoms with Gasteiger partial charge in [-0.1, -0.05) is 30.9 Å². The van der Waals surface area contributed by atoms with Crippen LogP contribution in [0, 0.1) is 0 Å². The van der Waals surface area contributed by atoms with Crippen molar-refractivity contribution in [3.05, 3.63) is 71.9 Å². The van der Waals surface area contributed by atoms with Crippen molar-refractivity contribution in [2.24, 2.45) is 0 Å². The number of aromatic amines is 1. The second-order valence-corrected chi connectivity index (χ2v) is 8.07. The number of hydrogen-bond acceptors (Lipinski definition) is 6. The van der Waals surface area contributed by atoms with Gasteiger partial charge in [-0.25, -0.2) is 0 Å². The van der Waals surface area contributed by atoms with Crippen LogP contribution in [0.25, 0.3) is 11.3 Å². The molecule has 0 saturated heterocycles. The van der Waals surface area contributed by atoms with E-state index in [2.05, 4.69) is 16.8 Å². The van der Waals surface area contributed by atoms with E-state index in [-0.39, 0.29) is 11.7 Å². The molecule has 1 aromatic heterocycles. The molecule has 1 aliphatic rings. The van der Waals surface area contributed by atoms with Crippen LogP contribution in [0.15, 0.2) is 55.1 Å². The Morgan fingerprint density at radius 2 is 1.97 bits per heavy atom. The quantitative estimate of drug-likeness (QED) is 0.289. The number of fused-ring (bicyclic) bond motifs is 1. The number of H-pyrrole nitrogens is 1. The highest BCUT2D eigenvalue weighted by Gasteiger charge is 2.42. The van der Waals surface area contributed by atoms with E-state index < -0.39 is 6.04 Å². The molecule has 2 heterocycles. The van der Waals surface area contributed by atoms with Crippen LogP contribution in [0.1, 0.15) is 47.9 Å². The van der Waals surface area contributed by atoms with Gasteiger partial charge < -0.3 is 24.2 Å². The molecule has 0 saturated carbocycles. The summed E-state index contributed by atoms with van der Waals surface area (Å²) in [7, 11) is 0. The first-order valence-electron chi connectivity index (χ1n) is 11.9. The zero-order valence-corrected chi connectivity index (χ0v) is 20.1. The van der Waals surface area contributed by atoms with E-state index in [0.29, 0.717) is 67.8 Å². The van der Waals surface area contributed by atoms with Crippen LogP contribution in [-0.2, 0) is 4.74 Å². The van der Waals surface area contributed by atoms with Gasteiger partial charge in [0.2, 0.25) is 0 Å². The lowest BCUT2D eigenvalue weighted by Gasteiger charge is -2.27. The number of phenols is 1. The predicted molar refractivity (Wildman–Crippen MR) is 133 cm³/mol. The standard InChI is InChI=1S/C27H31N3O5/c1-4-15-35-21-13-12-18(17-22(21)34-6-3)26-23-24(19-10-7-8-11-20(19)31)28-29-25(23)27(32)30(26)14-9-16-33-5-2/h4,7-8,10-13,17,26,31H,1,5-6,9,14-16H2,2-3H3,(H,28,29). The number of aromatic nitrogens is 2. The van der Waals surface area contributed by atoms with Crippen molar-refractivity contribution in [3.8, 4) is 28.5 Å².